The first-order valence-corrected chi connectivity index (χ1v) is 14.3. The van der Waals surface area contributed by atoms with Crippen LogP contribution in [0.3, 0.4) is 0 Å². The van der Waals surface area contributed by atoms with E-state index in [0.717, 1.165) is 36.1 Å². The van der Waals surface area contributed by atoms with Crippen molar-refractivity contribution in [1.29, 1.82) is 0 Å². The number of carbonyl (C=O) groups excluding carboxylic acids is 2. The predicted molar refractivity (Wildman–Crippen MR) is 153 cm³/mol. The number of halogens is 3. The molecule has 42 heavy (non-hydrogen) atoms. The van der Waals surface area contributed by atoms with E-state index in [0.29, 0.717) is 68.4 Å². The molecule has 220 valence electrons. The van der Waals surface area contributed by atoms with Crippen molar-refractivity contribution in [1.82, 2.24) is 10.3 Å². The third-order valence-electron chi connectivity index (χ3n) is 7.94. The first-order chi connectivity index (χ1) is 20.2. The fourth-order valence-electron chi connectivity index (χ4n) is 5.47. The number of benzene rings is 2. The lowest BCUT2D eigenvalue weighted by molar-refractivity contribution is -0.137. The van der Waals surface area contributed by atoms with Crippen LogP contribution in [0.2, 0.25) is 0 Å². The van der Waals surface area contributed by atoms with E-state index >= 15 is 0 Å². The first kappa shape index (κ1) is 28.0. The molecule has 2 fully saturated rings. The van der Waals surface area contributed by atoms with Crippen LogP contribution < -0.4 is 25.6 Å². The fourth-order valence-corrected chi connectivity index (χ4v) is 5.47. The summed E-state index contributed by atoms with van der Waals surface area (Å²) in [6, 6.07) is 12.9. The second-order valence-electron chi connectivity index (χ2n) is 11.1. The molecule has 1 saturated heterocycles. The van der Waals surface area contributed by atoms with Gasteiger partial charge < -0.3 is 25.6 Å². The number of hydrogen-bond acceptors (Lipinski definition) is 6. The SMILES string of the molecule is O=C(Nc1cc(N2CCNCC2)cc(C(F)(F)F)c1)C1CCc2ccc(Oc3ccnc(NC(=O)C4CC4)c3)cc2C1. The Morgan fingerprint density at radius 3 is 2.40 bits per heavy atom. The van der Waals surface area contributed by atoms with Gasteiger partial charge in [0, 0.05) is 61.7 Å². The normalized spacial score (nSPS) is 18.6. The minimum Gasteiger partial charge on any atom is -0.457 e. The summed E-state index contributed by atoms with van der Waals surface area (Å²) in [6.07, 6.45) is 0.550. The second kappa shape index (κ2) is 11.6. The number of amides is 2. The molecule has 1 saturated carbocycles. The predicted octanol–water partition coefficient (Wildman–Crippen LogP) is 5.39. The minimum absolute atomic E-state index is 0.0390. The van der Waals surface area contributed by atoms with Gasteiger partial charge in [-0.3, -0.25) is 9.59 Å². The lowest BCUT2D eigenvalue weighted by Crippen LogP contribution is -2.43. The first-order valence-electron chi connectivity index (χ1n) is 14.3. The van der Waals surface area contributed by atoms with Crippen LogP contribution in [-0.4, -0.2) is 43.0 Å². The van der Waals surface area contributed by atoms with Crippen LogP contribution in [0.15, 0.2) is 54.7 Å². The lowest BCUT2D eigenvalue weighted by Gasteiger charge is -2.30. The van der Waals surface area contributed by atoms with Crippen molar-refractivity contribution in [3.05, 3.63) is 71.4 Å². The summed E-state index contributed by atoms with van der Waals surface area (Å²) < 4.78 is 47.1. The summed E-state index contributed by atoms with van der Waals surface area (Å²) in [5.41, 5.74) is 1.88. The number of ether oxygens (including phenoxy) is 1. The molecule has 0 spiro atoms. The molecule has 2 aromatic carbocycles. The molecule has 1 aliphatic heterocycles. The number of alkyl halides is 3. The van der Waals surface area contributed by atoms with Crippen molar-refractivity contribution in [2.45, 2.75) is 38.3 Å². The van der Waals surface area contributed by atoms with Gasteiger partial charge in [0.15, 0.2) is 0 Å². The van der Waals surface area contributed by atoms with Gasteiger partial charge in [0.05, 0.1) is 5.56 Å². The van der Waals surface area contributed by atoms with E-state index < -0.39 is 17.7 Å². The summed E-state index contributed by atoms with van der Waals surface area (Å²) in [7, 11) is 0. The van der Waals surface area contributed by atoms with Crippen LogP contribution in [0.5, 0.6) is 11.5 Å². The zero-order valence-corrected chi connectivity index (χ0v) is 23.0. The number of aryl methyl sites for hydroxylation is 1. The van der Waals surface area contributed by atoms with E-state index in [1.54, 1.807) is 24.4 Å². The summed E-state index contributed by atoms with van der Waals surface area (Å²) >= 11 is 0. The number of nitrogens with zero attached hydrogens (tertiary/aromatic N) is 2. The fraction of sp³-hybridized carbons (Fsp3) is 0.387. The maximum atomic E-state index is 13.7. The highest BCUT2D eigenvalue weighted by molar-refractivity contribution is 5.94. The van der Waals surface area contributed by atoms with Crippen LogP contribution in [0.1, 0.15) is 36.0 Å². The van der Waals surface area contributed by atoms with Gasteiger partial charge in [-0.05, 0) is 79.6 Å². The Morgan fingerprint density at radius 1 is 0.881 bits per heavy atom. The molecule has 11 heteroatoms. The largest absolute Gasteiger partial charge is 0.457 e. The van der Waals surface area contributed by atoms with Gasteiger partial charge in [-0.1, -0.05) is 6.07 Å². The molecule has 0 bridgehead atoms. The highest BCUT2D eigenvalue weighted by atomic mass is 19.4. The molecule has 1 atom stereocenters. The van der Waals surface area contributed by atoms with Crippen molar-refractivity contribution in [3.8, 4) is 11.5 Å². The van der Waals surface area contributed by atoms with Gasteiger partial charge >= 0.3 is 6.18 Å². The van der Waals surface area contributed by atoms with Crippen LogP contribution in [-0.2, 0) is 28.6 Å². The Hall–Kier alpha value is -4.12. The molecular weight excluding hydrogens is 547 g/mol. The molecule has 3 N–H and O–H groups in total. The molecule has 3 aliphatic rings. The number of fused-ring (bicyclic) bond motifs is 1. The molecule has 1 aromatic heterocycles. The minimum atomic E-state index is -4.53. The summed E-state index contributed by atoms with van der Waals surface area (Å²) in [5.74, 6) is 0.851. The Morgan fingerprint density at radius 2 is 1.64 bits per heavy atom. The number of aromatic nitrogens is 1. The average molecular weight is 580 g/mol. The smallest absolute Gasteiger partial charge is 0.416 e. The number of piperazine rings is 1. The quantitative estimate of drug-likeness (QED) is 0.347. The van der Waals surface area contributed by atoms with Gasteiger partial charge in [0.25, 0.3) is 0 Å². The zero-order valence-electron chi connectivity index (χ0n) is 23.0. The second-order valence-corrected chi connectivity index (χ2v) is 11.1. The number of rotatable bonds is 7. The van der Waals surface area contributed by atoms with Crippen molar-refractivity contribution >= 4 is 29.0 Å². The van der Waals surface area contributed by atoms with Crippen LogP contribution >= 0.6 is 0 Å². The van der Waals surface area contributed by atoms with Crippen molar-refractivity contribution in [2.24, 2.45) is 11.8 Å². The molecule has 6 rings (SSSR count). The Kier molecular flexibility index (Phi) is 7.76. The average Bonchev–Trinajstić information content (AvgIpc) is 3.83. The van der Waals surface area contributed by atoms with Crippen molar-refractivity contribution < 1.29 is 27.5 Å². The third-order valence-corrected chi connectivity index (χ3v) is 7.94. The molecule has 2 heterocycles. The number of anilines is 3. The maximum absolute atomic E-state index is 13.7. The van der Waals surface area contributed by atoms with E-state index in [9.17, 15) is 22.8 Å². The third kappa shape index (κ3) is 6.67. The Bertz CT molecular complexity index is 1480. The van der Waals surface area contributed by atoms with Gasteiger partial charge in [0.1, 0.15) is 17.3 Å². The number of hydrogen-bond donors (Lipinski definition) is 3. The van der Waals surface area contributed by atoms with Crippen LogP contribution in [0.25, 0.3) is 0 Å². The topological polar surface area (TPSA) is 95.6 Å². The van der Waals surface area contributed by atoms with Crippen molar-refractivity contribution in [3.63, 3.8) is 0 Å². The molecule has 2 aliphatic carbocycles. The van der Waals surface area contributed by atoms with E-state index in [-0.39, 0.29) is 23.4 Å². The molecule has 1 unspecified atom stereocenters. The monoisotopic (exact) mass is 579 g/mol. The summed E-state index contributed by atoms with van der Waals surface area (Å²) in [4.78, 5) is 31.5. The van der Waals surface area contributed by atoms with Gasteiger partial charge in [-0.25, -0.2) is 4.98 Å². The van der Waals surface area contributed by atoms with E-state index in [1.807, 2.05) is 23.1 Å². The Labute approximate surface area is 241 Å². The van der Waals surface area contributed by atoms with Crippen LogP contribution in [0, 0.1) is 11.8 Å². The Balaban J connectivity index is 1.14. The molecule has 8 nitrogen and oxygen atoms in total. The molecule has 2 amide bonds. The van der Waals surface area contributed by atoms with Gasteiger partial charge in [-0.2, -0.15) is 13.2 Å². The zero-order chi connectivity index (χ0) is 29.3. The van der Waals surface area contributed by atoms with E-state index in [4.69, 9.17) is 4.74 Å². The number of nitrogens with one attached hydrogen (secondary N) is 3. The summed E-state index contributed by atoms with van der Waals surface area (Å²) in [5, 5.41) is 8.78. The van der Waals surface area contributed by atoms with Gasteiger partial charge in [0.2, 0.25) is 11.8 Å². The molecular formula is C31H32F3N5O3. The number of pyridine rings is 1. The summed E-state index contributed by atoms with van der Waals surface area (Å²) in [6.45, 7) is 2.55. The highest BCUT2D eigenvalue weighted by Crippen LogP contribution is 2.36. The van der Waals surface area contributed by atoms with E-state index in [1.165, 1.54) is 0 Å². The van der Waals surface area contributed by atoms with E-state index in [2.05, 4.69) is 20.9 Å². The number of carbonyl (C=O) groups is 2. The lowest BCUT2D eigenvalue weighted by atomic mass is 9.83. The molecule has 0 radical (unpaired) electrons. The van der Waals surface area contributed by atoms with Crippen molar-refractivity contribution in [2.75, 3.05) is 41.7 Å². The van der Waals surface area contributed by atoms with Crippen LogP contribution in [0.4, 0.5) is 30.4 Å². The maximum Gasteiger partial charge on any atom is 0.416 e. The standard InChI is InChI=1S/C31H32F3N5O3/c32-31(33,34)23-15-24(17-25(16-23)39-11-9-35-10-12-39)37-30(41)21-4-1-19-5-6-26(14-22(19)13-21)42-27-7-8-36-28(18-27)38-29(40)20-2-3-20/h5-8,14-18,20-21,35H,1-4,9-13H2,(H,37,41)(H,36,38,40). The van der Waals surface area contributed by atoms with Gasteiger partial charge in [-0.15, -0.1) is 0 Å². The molecule has 3 aromatic rings. The highest BCUT2D eigenvalue weighted by Gasteiger charge is 2.33.